The molecule has 0 aliphatic rings. The van der Waals surface area contributed by atoms with Crippen LogP contribution in [0.25, 0.3) is 0 Å². The topological polar surface area (TPSA) is 43.4 Å². The molecule has 0 heterocycles. The van der Waals surface area contributed by atoms with Crippen molar-refractivity contribution in [3.8, 4) is 5.75 Å². The summed E-state index contributed by atoms with van der Waals surface area (Å²) in [4.78, 5) is 23.7. The SMILES string of the molecule is CCCCc1ccc(C(=O)c2ccccc2OC(C)=O)cc1. The van der Waals surface area contributed by atoms with Crippen LogP contribution in [0, 0.1) is 0 Å². The minimum absolute atomic E-state index is 0.140. The van der Waals surface area contributed by atoms with E-state index in [9.17, 15) is 9.59 Å². The number of hydrogen-bond acceptors (Lipinski definition) is 3. The molecule has 22 heavy (non-hydrogen) atoms. The Balaban J connectivity index is 2.22. The molecule has 0 unspecified atom stereocenters. The van der Waals surface area contributed by atoms with Crippen molar-refractivity contribution >= 4 is 11.8 Å². The standard InChI is InChI=1S/C19H20O3/c1-3-4-7-15-10-12-16(13-11-15)19(21)17-8-5-6-9-18(17)22-14(2)20/h5-6,8-13H,3-4,7H2,1-2H3. The molecule has 0 amide bonds. The number of rotatable bonds is 6. The summed E-state index contributed by atoms with van der Waals surface area (Å²) in [5.74, 6) is -0.274. The van der Waals surface area contributed by atoms with E-state index in [4.69, 9.17) is 4.74 Å². The van der Waals surface area contributed by atoms with Gasteiger partial charge in [-0.1, -0.05) is 49.7 Å². The van der Waals surface area contributed by atoms with Crippen LogP contribution in [0.15, 0.2) is 48.5 Å². The number of carbonyl (C=O) groups is 2. The molecule has 3 heteroatoms. The first-order valence-corrected chi connectivity index (χ1v) is 7.53. The number of ketones is 1. The fourth-order valence-corrected chi connectivity index (χ4v) is 2.26. The normalized spacial score (nSPS) is 10.3. The van der Waals surface area contributed by atoms with Gasteiger partial charge in [0.25, 0.3) is 0 Å². The van der Waals surface area contributed by atoms with Crippen LogP contribution in [-0.2, 0) is 11.2 Å². The van der Waals surface area contributed by atoms with Crippen LogP contribution in [0.5, 0.6) is 5.75 Å². The molecule has 0 radical (unpaired) electrons. The molecule has 0 aromatic heterocycles. The van der Waals surface area contributed by atoms with Gasteiger partial charge >= 0.3 is 5.97 Å². The van der Waals surface area contributed by atoms with E-state index in [1.54, 1.807) is 24.3 Å². The maximum atomic E-state index is 12.6. The van der Waals surface area contributed by atoms with Gasteiger partial charge in [0.15, 0.2) is 5.78 Å². The molecule has 0 fully saturated rings. The summed E-state index contributed by atoms with van der Waals surface area (Å²) in [7, 11) is 0. The van der Waals surface area contributed by atoms with Gasteiger partial charge in [0.2, 0.25) is 0 Å². The Kier molecular flexibility index (Phi) is 5.48. The molecular weight excluding hydrogens is 276 g/mol. The molecule has 0 saturated heterocycles. The van der Waals surface area contributed by atoms with Crippen molar-refractivity contribution in [3.63, 3.8) is 0 Å². The third-order valence-electron chi connectivity index (χ3n) is 3.42. The largest absolute Gasteiger partial charge is 0.426 e. The number of esters is 1. The molecule has 2 aromatic carbocycles. The Hall–Kier alpha value is -2.42. The molecule has 3 nitrogen and oxygen atoms in total. The van der Waals surface area contributed by atoms with Crippen molar-refractivity contribution in [1.29, 1.82) is 0 Å². The second-order valence-electron chi connectivity index (χ2n) is 5.22. The van der Waals surface area contributed by atoms with E-state index in [0.717, 1.165) is 19.3 Å². The molecule has 0 N–H and O–H groups in total. The van der Waals surface area contributed by atoms with Gasteiger partial charge in [0.05, 0.1) is 5.56 Å². The van der Waals surface area contributed by atoms with E-state index in [-0.39, 0.29) is 5.78 Å². The van der Waals surface area contributed by atoms with E-state index in [2.05, 4.69) is 6.92 Å². The maximum Gasteiger partial charge on any atom is 0.308 e. The molecular formula is C19H20O3. The number of benzene rings is 2. The smallest absolute Gasteiger partial charge is 0.308 e. The van der Waals surface area contributed by atoms with Crippen LogP contribution in [0.2, 0.25) is 0 Å². The summed E-state index contributed by atoms with van der Waals surface area (Å²) in [6.07, 6.45) is 3.31. The predicted molar refractivity (Wildman–Crippen MR) is 86.2 cm³/mol. The first-order valence-electron chi connectivity index (χ1n) is 7.53. The first-order chi connectivity index (χ1) is 10.6. The lowest BCUT2D eigenvalue weighted by Gasteiger charge is -2.08. The highest BCUT2D eigenvalue weighted by Gasteiger charge is 2.15. The van der Waals surface area contributed by atoms with Crippen molar-refractivity contribution < 1.29 is 14.3 Å². The second-order valence-corrected chi connectivity index (χ2v) is 5.22. The Morgan fingerprint density at radius 3 is 2.32 bits per heavy atom. The molecule has 2 rings (SSSR count). The number of unbranched alkanes of at least 4 members (excludes halogenated alkanes) is 1. The number of para-hydroxylation sites is 1. The van der Waals surface area contributed by atoms with Gasteiger partial charge in [-0.3, -0.25) is 9.59 Å². The summed E-state index contributed by atoms with van der Waals surface area (Å²) < 4.78 is 5.11. The average Bonchev–Trinajstić information content (AvgIpc) is 2.53. The molecule has 0 saturated carbocycles. The van der Waals surface area contributed by atoms with Crippen molar-refractivity contribution in [2.45, 2.75) is 33.1 Å². The quantitative estimate of drug-likeness (QED) is 0.456. The van der Waals surface area contributed by atoms with Crippen LogP contribution in [-0.4, -0.2) is 11.8 Å². The van der Waals surface area contributed by atoms with Crippen LogP contribution in [0.4, 0.5) is 0 Å². The van der Waals surface area contributed by atoms with E-state index in [1.807, 2.05) is 24.3 Å². The number of ether oxygens (including phenoxy) is 1. The van der Waals surface area contributed by atoms with Crippen molar-refractivity contribution in [2.75, 3.05) is 0 Å². The van der Waals surface area contributed by atoms with Gasteiger partial charge in [0, 0.05) is 12.5 Å². The fraction of sp³-hybridized carbons (Fsp3) is 0.263. The Labute approximate surface area is 130 Å². The van der Waals surface area contributed by atoms with Crippen LogP contribution in [0.3, 0.4) is 0 Å². The molecule has 2 aromatic rings. The number of carbonyl (C=O) groups excluding carboxylic acids is 2. The molecule has 0 bridgehead atoms. The van der Waals surface area contributed by atoms with E-state index >= 15 is 0 Å². The zero-order chi connectivity index (χ0) is 15.9. The van der Waals surface area contributed by atoms with E-state index < -0.39 is 5.97 Å². The van der Waals surface area contributed by atoms with Crippen molar-refractivity contribution in [3.05, 3.63) is 65.2 Å². The minimum atomic E-state index is -0.435. The van der Waals surface area contributed by atoms with Crippen LogP contribution < -0.4 is 4.74 Å². The Morgan fingerprint density at radius 2 is 1.68 bits per heavy atom. The lowest BCUT2D eigenvalue weighted by molar-refractivity contribution is -0.131. The average molecular weight is 296 g/mol. The van der Waals surface area contributed by atoms with Crippen LogP contribution >= 0.6 is 0 Å². The van der Waals surface area contributed by atoms with Gasteiger partial charge in [-0.05, 0) is 30.5 Å². The number of aryl methyl sites for hydroxylation is 1. The predicted octanol–water partition coefficient (Wildman–Crippen LogP) is 4.19. The Bertz CT molecular complexity index is 657. The lowest BCUT2D eigenvalue weighted by atomic mass is 10.00. The van der Waals surface area contributed by atoms with Gasteiger partial charge < -0.3 is 4.74 Å². The van der Waals surface area contributed by atoms with Gasteiger partial charge in [-0.15, -0.1) is 0 Å². The molecule has 0 atom stereocenters. The van der Waals surface area contributed by atoms with Gasteiger partial charge in [-0.2, -0.15) is 0 Å². The Morgan fingerprint density at radius 1 is 1.00 bits per heavy atom. The highest BCUT2D eigenvalue weighted by atomic mass is 16.5. The fourth-order valence-electron chi connectivity index (χ4n) is 2.26. The molecule has 0 aliphatic heterocycles. The number of hydrogen-bond donors (Lipinski definition) is 0. The lowest BCUT2D eigenvalue weighted by Crippen LogP contribution is -2.08. The van der Waals surface area contributed by atoms with Gasteiger partial charge in [-0.25, -0.2) is 0 Å². The second kappa shape index (κ2) is 7.55. The summed E-state index contributed by atoms with van der Waals surface area (Å²) in [6, 6.07) is 14.4. The third kappa shape index (κ3) is 4.04. The summed E-state index contributed by atoms with van der Waals surface area (Å²) in [5.41, 5.74) is 2.23. The minimum Gasteiger partial charge on any atom is -0.426 e. The maximum absolute atomic E-state index is 12.6. The zero-order valence-corrected chi connectivity index (χ0v) is 13.0. The van der Waals surface area contributed by atoms with Crippen LogP contribution in [0.1, 0.15) is 48.2 Å². The summed E-state index contributed by atoms with van der Waals surface area (Å²) in [6.45, 7) is 3.48. The summed E-state index contributed by atoms with van der Waals surface area (Å²) >= 11 is 0. The summed E-state index contributed by atoms with van der Waals surface area (Å²) in [5, 5.41) is 0. The highest BCUT2D eigenvalue weighted by molar-refractivity contribution is 6.11. The van der Waals surface area contributed by atoms with Crippen molar-refractivity contribution in [2.24, 2.45) is 0 Å². The van der Waals surface area contributed by atoms with E-state index in [0.29, 0.717) is 16.9 Å². The monoisotopic (exact) mass is 296 g/mol. The third-order valence-corrected chi connectivity index (χ3v) is 3.42. The van der Waals surface area contributed by atoms with Crippen molar-refractivity contribution in [1.82, 2.24) is 0 Å². The van der Waals surface area contributed by atoms with Gasteiger partial charge in [0.1, 0.15) is 5.75 Å². The molecule has 114 valence electrons. The highest BCUT2D eigenvalue weighted by Crippen LogP contribution is 2.22. The molecule has 0 spiro atoms. The van der Waals surface area contributed by atoms with E-state index in [1.165, 1.54) is 12.5 Å². The first kappa shape index (κ1) is 16.0. The zero-order valence-electron chi connectivity index (χ0n) is 13.0. The molecule has 0 aliphatic carbocycles.